The number of fused-ring (bicyclic) bond motifs is 1. The third kappa shape index (κ3) is 3.22. The number of rotatable bonds is 5. The molecule has 0 fully saturated rings. The summed E-state index contributed by atoms with van der Waals surface area (Å²) in [6.45, 7) is 0.665. The van der Waals surface area contributed by atoms with Gasteiger partial charge in [0.2, 0.25) is 5.75 Å². The van der Waals surface area contributed by atoms with E-state index in [1.54, 1.807) is 6.07 Å². The Kier molecular flexibility index (Phi) is 4.46. The molecule has 0 saturated heterocycles. The van der Waals surface area contributed by atoms with Crippen LogP contribution in [-0.2, 0) is 0 Å². The fourth-order valence-corrected chi connectivity index (χ4v) is 2.49. The van der Waals surface area contributed by atoms with Crippen LogP contribution in [0.4, 0.5) is 4.39 Å². The number of phenolic OH excluding ortho intramolecular Hbond substituents is 1. The molecular formula is C18H15FO5. The number of hydrogen-bond acceptors (Lipinski definition) is 5. The SMILES string of the molecule is O=C(CCC(=O)c1ccc2c(c1O)OCCO2)c1cccc(F)c1. The molecule has 1 aliphatic heterocycles. The van der Waals surface area contributed by atoms with E-state index in [4.69, 9.17) is 9.47 Å². The summed E-state index contributed by atoms with van der Waals surface area (Å²) in [5, 5.41) is 10.2. The van der Waals surface area contributed by atoms with Gasteiger partial charge in [-0.05, 0) is 24.3 Å². The Labute approximate surface area is 137 Å². The van der Waals surface area contributed by atoms with E-state index < -0.39 is 11.6 Å². The van der Waals surface area contributed by atoms with E-state index in [0.29, 0.717) is 12.4 Å². The summed E-state index contributed by atoms with van der Waals surface area (Å²) in [5.74, 6) is -0.990. The number of ether oxygens (including phenoxy) is 2. The van der Waals surface area contributed by atoms with Crippen molar-refractivity contribution in [1.82, 2.24) is 0 Å². The van der Waals surface area contributed by atoms with Crippen molar-refractivity contribution in [3.8, 4) is 17.2 Å². The first-order valence-electron chi connectivity index (χ1n) is 7.50. The van der Waals surface area contributed by atoms with Crippen LogP contribution in [0, 0.1) is 5.82 Å². The maximum atomic E-state index is 13.1. The molecule has 6 heteroatoms. The van der Waals surface area contributed by atoms with Gasteiger partial charge in [0.15, 0.2) is 23.1 Å². The van der Waals surface area contributed by atoms with Crippen LogP contribution in [0.2, 0.25) is 0 Å². The summed E-state index contributed by atoms with van der Waals surface area (Å²) in [6, 6.07) is 8.31. The highest BCUT2D eigenvalue weighted by molar-refractivity contribution is 6.04. The topological polar surface area (TPSA) is 72.8 Å². The van der Waals surface area contributed by atoms with E-state index in [2.05, 4.69) is 0 Å². The van der Waals surface area contributed by atoms with E-state index in [1.165, 1.54) is 24.3 Å². The van der Waals surface area contributed by atoms with Crippen LogP contribution in [0.25, 0.3) is 0 Å². The molecular weight excluding hydrogens is 315 g/mol. The predicted molar refractivity (Wildman–Crippen MR) is 83.4 cm³/mol. The number of aromatic hydroxyl groups is 1. The third-order valence-corrected chi connectivity index (χ3v) is 3.71. The van der Waals surface area contributed by atoms with Gasteiger partial charge in [-0.1, -0.05) is 12.1 Å². The number of phenols is 1. The zero-order valence-corrected chi connectivity index (χ0v) is 12.8. The molecule has 2 aromatic carbocycles. The number of halogens is 1. The van der Waals surface area contributed by atoms with Crippen LogP contribution in [0.15, 0.2) is 36.4 Å². The van der Waals surface area contributed by atoms with Crippen LogP contribution in [0.3, 0.4) is 0 Å². The van der Waals surface area contributed by atoms with E-state index in [0.717, 1.165) is 6.07 Å². The van der Waals surface area contributed by atoms with Gasteiger partial charge in [-0.2, -0.15) is 0 Å². The lowest BCUT2D eigenvalue weighted by Crippen LogP contribution is -2.16. The first-order chi connectivity index (χ1) is 11.6. The minimum absolute atomic E-state index is 0.0732. The first-order valence-corrected chi connectivity index (χ1v) is 7.50. The molecule has 0 amide bonds. The summed E-state index contributed by atoms with van der Waals surface area (Å²) in [4.78, 5) is 24.3. The molecule has 0 aromatic heterocycles. The van der Waals surface area contributed by atoms with Crippen molar-refractivity contribution in [2.24, 2.45) is 0 Å². The van der Waals surface area contributed by atoms with Gasteiger partial charge < -0.3 is 14.6 Å². The highest BCUT2D eigenvalue weighted by atomic mass is 19.1. The largest absolute Gasteiger partial charge is 0.504 e. The number of ketones is 2. The lowest BCUT2D eigenvalue weighted by molar-refractivity contribution is 0.0914. The fraction of sp³-hybridized carbons (Fsp3) is 0.222. The summed E-state index contributed by atoms with van der Waals surface area (Å²) in [5.41, 5.74) is 0.292. The number of hydrogen-bond donors (Lipinski definition) is 1. The Morgan fingerprint density at radius 1 is 1.04 bits per heavy atom. The lowest BCUT2D eigenvalue weighted by atomic mass is 10.0. The van der Waals surface area contributed by atoms with Crippen LogP contribution < -0.4 is 9.47 Å². The molecule has 0 saturated carbocycles. The van der Waals surface area contributed by atoms with Gasteiger partial charge in [0.05, 0.1) is 5.56 Å². The smallest absolute Gasteiger partial charge is 0.204 e. The fourth-order valence-electron chi connectivity index (χ4n) is 2.49. The van der Waals surface area contributed by atoms with Crippen molar-refractivity contribution in [2.75, 3.05) is 13.2 Å². The number of carbonyl (C=O) groups excluding carboxylic acids is 2. The van der Waals surface area contributed by atoms with Gasteiger partial charge in [0.1, 0.15) is 19.0 Å². The van der Waals surface area contributed by atoms with Crippen molar-refractivity contribution in [3.63, 3.8) is 0 Å². The second-order valence-electron chi connectivity index (χ2n) is 5.34. The lowest BCUT2D eigenvalue weighted by Gasteiger charge is -2.20. The molecule has 1 heterocycles. The molecule has 0 spiro atoms. The molecule has 24 heavy (non-hydrogen) atoms. The van der Waals surface area contributed by atoms with Gasteiger partial charge in [0, 0.05) is 18.4 Å². The van der Waals surface area contributed by atoms with Gasteiger partial charge in [-0.15, -0.1) is 0 Å². The van der Waals surface area contributed by atoms with Crippen LogP contribution in [0.1, 0.15) is 33.6 Å². The molecule has 0 bridgehead atoms. The zero-order chi connectivity index (χ0) is 17.1. The normalized spacial score (nSPS) is 12.7. The third-order valence-electron chi connectivity index (χ3n) is 3.71. The van der Waals surface area contributed by atoms with Crippen molar-refractivity contribution in [2.45, 2.75) is 12.8 Å². The second-order valence-corrected chi connectivity index (χ2v) is 5.34. The van der Waals surface area contributed by atoms with Crippen LogP contribution in [0.5, 0.6) is 17.2 Å². The second kappa shape index (κ2) is 6.70. The number of benzene rings is 2. The van der Waals surface area contributed by atoms with Gasteiger partial charge in [0.25, 0.3) is 0 Å². The minimum Gasteiger partial charge on any atom is -0.504 e. The monoisotopic (exact) mass is 330 g/mol. The highest BCUT2D eigenvalue weighted by Crippen LogP contribution is 2.41. The molecule has 1 N–H and O–H groups in total. The van der Waals surface area contributed by atoms with Crippen molar-refractivity contribution in [3.05, 3.63) is 53.3 Å². The summed E-state index contributed by atoms with van der Waals surface area (Å²) < 4.78 is 23.8. The maximum Gasteiger partial charge on any atom is 0.204 e. The number of Topliss-reactive ketones (excluding diaryl/α,β-unsaturated/α-hetero) is 2. The van der Waals surface area contributed by atoms with E-state index in [1.807, 2.05) is 0 Å². The molecule has 124 valence electrons. The average molecular weight is 330 g/mol. The molecule has 1 aliphatic rings. The quantitative estimate of drug-likeness (QED) is 0.853. The van der Waals surface area contributed by atoms with E-state index in [-0.39, 0.29) is 47.9 Å². The Morgan fingerprint density at radius 2 is 1.79 bits per heavy atom. The van der Waals surface area contributed by atoms with Crippen LogP contribution >= 0.6 is 0 Å². The standard InChI is InChI=1S/C18H15FO5/c19-12-3-1-2-11(10-12)14(20)5-6-15(21)13-4-7-16-18(17(13)22)24-9-8-23-16/h1-4,7,10,22H,5-6,8-9H2. The highest BCUT2D eigenvalue weighted by Gasteiger charge is 2.22. The summed E-state index contributed by atoms with van der Waals surface area (Å²) in [6.07, 6.45) is -0.168. The first kappa shape index (κ1) is 16.0. The van der Waals surface area contributed by atoms with Crippen molar-refractivity contribution < 1.29 is 28.6 Å². The summed E-state index contributed by atoms with van der Waals surface area (Å²) in [7, 11) is 0. The predicted octanol–water partition coefficient (Wildman–Crippen LogP) is 3.15. The maximum absolute atomic E-state index is 13.1. The molecule has 2 aromatic rings. The van der Waals surface area contributed by atoms with E-state index >= 15 is 0 Å². The van der Waals surface area contributed by atoms with Gasteiger partial charge in [-0.3, -0.25) is 9.59 Å². The van der Waals surface area contributed by atoms with Crippen LogP contribution in [-0.4, -0.2) is 29.9 Å². The molecule has 0 atom stereocenters. The van der Waals surface area contributed by atoms with Crippen molar-refractivity contribution >= 4 is 11.6 Å². The van der Waals surface area contributed by atoms with E-state index in [9.17, 15) is 19.1 Å². The Morgan fingerprint density at radius 3 is 2.58 bits per heavy atom. The van der Waals surface area contributed by atoms with Gasteiger partial charge in [-0.25, -0.2) is 4.39 Å². The Hall–Kier alpha value is -2.89. The summed E-state index contributed by atoms with van der Waals surface area (Å²) >= 11 is 0. The average Bonchev–Trinajstić information content (AvgIpc) is 2.60. The molecule has 0 radical (unpaired) electrons. The molecule has 3 rings (SSSR count). The number of carbonyl (C=O) groups is 2. The molecule has 5 nitrogen and oxygen atoms in total. The molecule has 0 aliphatic carbocycles. The minimum atomic E-state index is -0.503. The van der Waals surface area contributed by atoms with Gasteiger partial charge >= 0.3 is 0 Å². The zero-order valence-electron chi connectivity index (χ0n) is 12.8. The molecule has 0 unspecified atom stereocenters. The Bertz CT molecular complexity index is 800. The Balaban J connectivity index is 1.70. The van der Waals surface area contributed by atoms with Crippen molar-refractivity contribution in [1.29, 1.82) is 0 Å².